The molecule has 0 saturated carbocycles. The van der Waals surface area contributed by atoms with Gasteiger partial charge in [-0.25, -0.2) is 9.97 Å². The molecule has 0 spiro atoms. The Balaban J connectivity index is 3.10. The van der Waals surface area contributed by atoms with Gasteiger partial charge in [-0.05, 0) is 4.92 Å². The summed E-state index contributed by atoms with van der Waals surface area (Å²) in [6, 6.07) is 0. The number of hydrogen-bond acceptors (Lipinski definition) is 4. The maximum Gasteiger partial charge on any atom is 0.473 e. The number of imidazole rings is 1. The predicted octanol–water partition coefficient (Wildman–Crippen LogP) is 1.48. The highest BCUT2D eigenvalue weighted by atomic mass is 35.5. The summed E-state index contributed by atoms with van der Waals surface area (Å²) in [5.74, 6) is -2.62. The predicted molar refractivity (Wildman–Crippen MR) is 50.7 cm³/mol. The number of aromatic nitrogens is 2. The summed E-state index contributed by atoms with van der Waals surface area (Å²) in [7, 11) is 0. The molecular weight excluding hydrogens is 267 g/mol. The largest absolute Gasteiger partial charge is 0.473 e. The summed E-state index contributed by atoms with van der Waals surface area (Å²) >= 11 is 5.25. The number of nitrogens with zero attached hydrogens (tertiary/aromatic N) is 2. The Morgan fingerprint density at radius 3 is 2.59 bits per heavy atom. The van der Waals surface area contributed by atoms with Gasteiger partial charge in [-0.2, -0.15) is 13.2 Å². The van der Waals surface area contributed by atoms with Crippen LogP contribution in [0.1, 0.15) is 11.5 Å². The topological polar surface area (TPSA) is 92.0 Å². The lowest BCUT2D eigenvalue weighted by molar-refractivity contribution is -0.390. The lowest BCUT2D eigenvalue weighted by Crippen LogP contribution is -2.13. The summed E-state index contributed by atoms with van der Waals surface area (Å²) in [6.07, 6.45) is -6.43. The first kappa shape index (κ1) is 13.7. The van der Waals surface area contributed by atoms with Gasteiger partial charge in [0.05, 0.1) is 6.10 Å². The molecule has 96 valence electrons. The number of nitrogens with one attached hydrogen (secondary N) is 1. The molecule has 1 aromatic heterocycles. The summed E-state index contributed by atoms with van der Waals surface area (Å²) in [5.41, 5.74) is -0.476. The van der Waals surface area contributed by atoms with E-state index in [1.807, 2.05) is 0 Å². The number of nitro groups is 1. The van der Waals surface area contributed by atoms with E-state index in [1.54, 1.807) is 4.98 Å². The van der Waals surface area contributed by atoms with Crippen molar-refractivity contribution < 1.29 is 23.2 Å². The van der Waals surface area contributed by atoms with Gasteiger partial charge in [0.1, 0.15) is 5.69 Å². The Kier molecular flexibility index (Phi) is 3.94. The van der Waals surface area contributed by atoms with E-state index in [9.17, 15) is 23.3 Å². The monoisotopic (exact) mass is 273 g/mol. The summed E-state index contributed by atoms with van der Waals surface area (Å²) in [4.78, 5) is 14.1. The van der Waals surface area contributed by atoms with Crippen LogP contribution in [0.2, 0.25) is 0 Å². The van der Waals surface area contributed by atoms with Crippen molar-refractivity contribution in [2.45, 2.75) is 18.7 Å². The molecule has 6 nitrogen and oxygen atoms in total. The van der Waals surface area contributed by atoms with E-state index >= 15 is 0 Å². The molecule has 0 aromatic carbocycles. The van der Waals surface area contributed by atoms with E-state index in [1.165, 1.54) is 0 Å². The maximum absolute atomic E-state index is 12.3. The van der Waals surface area contributed by atoms with Crippen LogP contribution in [0.25, 0.3) is 0 Å². The molecule has 1 heterocycles. The molecule has 0 aliphatic heterocycles. The van der Waals surface area contributed by atoms with Crippen molar-refractivity contribution in [1.82, 2.24) is 9.97 Å². The number of aromatic amines is 1. The Labute approximate surface area is 97.6 Å². The number of hydrogen-bond donors (Lipinski definition) is 2. The van der Waals surface area contributed by atoms with Crippen LogP contribution in [-0.4, -0.2) is 32.0 Å². The third kappa shape index (κ3) is 3.30. The number of H-pyrrole nitrogens is 1. The van der Waals surface area contributed by atoms with E-state index < -0.39 is 41.0 Å². The van der Waals surface area contributed by atoms with Gasteiger partial charge in [0.25, 0.3) is 0 Å². The van der Waals surface area contributed by atoms with Crippen LogP contribution in [-0.2, 0) is 12.6 Å². The molecule has 17 heavy (non-hydrogen) atoms. The maximum atomic E-state index is 12.3. The van der Waals surface area contributed by atoms with Crippen LogP contribution in [0.4, 0.5) is 19.0 Å². The van der Waals surface area contributed by atoms with Crippen molar-refractivity contribution in [3.63, 3.8) is 0 Å². The number of halogens is 4. The molecule has 0 aliphatic carbocycles. The minimum Gasteiger partial charge on any atom is -0.391 e. The van der Waals surface area contributed by atoms with Gasteiger partial charge in [0, 0.05) is 12.3 Å². The van der Waals surface area contributed by atoms with Crippen LogP contribution < -0.4 is 0 Å². The molecular formula is C7H7ClF3N3O3. The van der Waals surface area contributed by atoms with Crippen LogP contribution in [0.15, 0.2) is 0 Å². The van der Waals surface area contributed by atoms with Crippen molar-refractivity contribution in [1.29, 1.82) is 0 Å². The highest BCUT2D eigenvalue weighted by Crippen LogP contribution is 2.30. The fourth-order valence-electron chi connectivity index (χ4n) is 1.11. The van der Waals surface area contributed by atoms with Crippen LogP contribution in [0, 0.1) is 10.1 Å². The minimum absolute atomic E-state index is 0.259. The Hall–Kier alpha value is -1.35. The lowest BCUT2D eigenvalue weighted by Gasteiger charge is -2.02. The Morgan fingerprint density at radius 1 is 1.59 bits per heavy atom. The molecule has 0 bridgehead atoms. The highest BCUT2D eigenvalue weighted by molar-refractivity contribution is 6.18. The van der Waals surface area contributed by atoms with Gasteiger partial charge >= 0.3 is 17.8 Å². The Morgan fingerprint density at radius 2 is 2.18 bits per heavy atom. The first-order valence-electron chi connectivity index (χ1n) is 4.30. The second-order valence-electron chi connectivity index (χ2n) is 3.15. The van der Waals surface area contributed by atoms with E-state index in [0.717, 1.165) is 0 Å². The molecule has 0 unspecified atom stereocenters. The van der Waals surface area contributed by atoms with Crippen LogP contribution >= 0.6 is 11.6 Å². The second-order valence-corrected chi connectivity index (χ2v) is 3.46. The van der Waals surface area contributed by atoms with Gasteiger partial charge in [0.15, 0.2) is 0 Å². The number of aliphatic hydroxyl groups is 1. The molecule has 0 fully saturated rings. The average molecular weight is 274 g/mol. The summed E-state index contributed by atoms with van der Waals surface area (Å²) in [6.45, 7) is 0. The third-order valence-electron chi connectivity index (χ3n) is 1.82. The third-order valence-corrected chi connectivity index (χ3v) is 2.17. The van der Waals surface area contributed by atoms with E-state index in [4.69, 9.17) is 16.7 Å². The number of rotatable bonds is 4. The summed E-state index contributed by atoms with van der Waals surface area (Å²) < 4.78 is 36.8. The van der Waals surface area contributed by atoms with Gasteiger partial charge in [-0.15, -0.1) is 11.6 Å². The van der Waals surface area contributed by atoms with Gasteiger partial charge in [-0.3, -0.25) is 0 Å². The molecule has 0 amide bonds. The highest BCUT2D eigenvalue weighted by Gasteiger charge is 2.40. The molecule has 0 saturated heterocycles. The zero-order chi connectivity index (χ0) is 13.2. The first-order valence-corrected chi connectivity index (χ1v) is 4.83. The van der Waals surface area contributed by atoms with Crippen molar-refractivity contribution in [3.05, 3.63) is 21.6 Å². The zero-order valence-electron chi connectivity index (χ0n) is 8.16. The zero-order valence-corrected chi connectivity index (χ0v) is 8.92. The van der Waals surface area contributed by atoms with Crippen molar-refractivity contribution in [2.24, 2.45) is 0 Å². The average Bonchev–Trinajstić information content (AvgIpc) is 2.61. The minimum atomic E-state index is -4.81. The molecule has 2 N–H and O–H groups in total. The van der Waals surface area contributed by atoms with Crippen molar-refractivity contribution in [3.8, 4) is 0 Å². The molecule has 0 radical (unpaired) electrons. The summed E-state index contributed by atoms with van der Waals surface area (Å²) in [5, 5.41) is 19.6. The van der Waals surface area contributed by atoms with Crippen molar-refractivity contribution >= 4 is 17.4 Å². The molecule has 10 heteroatoms. The smallest absolute Gasteiger partial charge is 0.391 e. The first-order chi connectivity index (χ1) is 7.75. The fraction of sp³-hybridized carbons (Fsp3) is 0.571. The van der Waals surface area contributed by atoms with Gasteiger partial charge in [-0.1, -0.05) is 0 Å². The quantitative estimate of drug-likeness (QED) is 0.494. The molecule has 1 rings (SSSR count). The molecule has 1 aromatic rings. The molecule has 1 atom stereocenters. The Bertz CT molecular complexity index is 420. The SMILES string of the molecule is O=[N+]([O-])c1[nH]c(C(F)(F)F)nc1C[C@H](O)CCl. The van der Waals surface area contributed by atoms with Crippen LogP contribution in [0.5, 0.6) is 0 Å². The number of aliphatic hydroxyl groups excluding tert-OH is 1. The van der Waals surface area contributed by atoms with Gasteiger partial charge in [0.2, 0.25) is 0 Å². The number of alkyl halides is 4. The second kappa shape index (κ2) is 4.88. The van der Waals surface area contributed by atoms with Gasteiger partial charge < -0.3 is 15.2 Å². The normalized spacial score (nSPS) is 13.7. The van der Waals surface area contributed by atoms with E-state index in [0.29, 0.717) is 0 Å². The van der Waals surface area contributed by atoms with E-state index in [2.05, 4.69) is 4.98 Å². The van der Waals surface area contributed by atoms with E-state index in [-0.39, 0.29) is 5.88 Å². The molecule has 0 aliphatic rings. The lowest BCUT2D eigenvalue weighted by atomic mass is 10.2. The standard InChI is InChI=1S/C7H7ClF3N3O3/c8-2-3(15)1-4-5(14(16)17)13-6(12-4)7(9,10)11/h3,15H,1-2H2,(H,12,13)/t3-/m0/s1. The van der Waals surface area contributed by atoms with Crippen molar-refractivity contribution in [2.75, 3.05) is 5.88 Å². The fourth-order valence-corrected chi connectivity index (χ4v) is 1.21. The van der Waals surface area contributed by atoms with Crippen LogP contribution in [0.3, 0.4) is 0 Å².